The van der Waals surface area contributed by atoms with Crippen molar-refractivity contribution < 1.29 is 0 Å². The van der Waals surface area contributed by atoms with Crippen molar-refractivity contribution in [3.63, 3.8) is 0 Å². The molecule has 0 amide bonds. The summed E-state index contributed by atoms with van der Waals surface area (Å²) in [5, 5.41) is 0. The van der Waals surface area contributed by atoms with Gasteiger partial charge in [0.05, 0.1) is 0 Å². The zero-order chi connectivity index (χ0) is 8.43. The van der Waals surface area contributed by atoms with Crippen LogP contribution in [0.2, 0.25) is 0 Å². The van der Waals surface area contributed by atoms with Crippen LogP contribution < -0.4 is 0 Å². The van der Waals surface area contributed by atoms with E-state index < -0.39 is 0 Å². The molecule has 0 unspecified atom stereocenters. The Morgan fingerprint density at radius 2 is 1.55 bits per heavy atom. The molecule has 1 aliphatic rings. The first-order chi connectivity index (χ1) is 5.13. The van der Waals surface area contributed by atoms with Crippen LogP contribution in [0.25, 0.3) is 0 Å². The lowest BCUT2D eigenvalue weighted by atomic mass is 10.4. The van der Waals surface area contributed by atoms with Crippen molar-refractivity contribution in [2.45, 2.75) is 6.42 Å². The van der Waals surface area contributed by atoms with Gasteiger partial charge in [0.2, 0.25) is 0 Å². The third-order valence-corrected chi connectivity index (χ3v) is 4.27. The van der Waals surface area contributed by atoms with Crippen LogP contribution in [0, 0.1) is 0 Å². The van der Waals surface area contributed by atoms with Crippen molar-refractivity contribution in [3.8, 4) is 0 Å². The molecule has 3 nitrogen and oxygen atoms in total. The van der Waals surface area contributed by atoms with Gasteiger partial charge in [0, 0.05) is 13.1 Å². The van der Waals surface area contributed by atoms with Gasteiger partial charge in [-0.05, 0) is 34.6 Å². The number of rotatable bonds is 1. The minimum Gasteiger partial charge on any atom is -0.264 e. The number of hydrogen-bond donors (Lipinski definition) is 0. The van der Waals surface area contributed by atoms with E-state index in [4.69, 9.17) is 0 Å². The third-order valence-electron chi connectivity index (χ3n) is 1.93. The van der Waals surface area contributed by atoms with Gasteiger partial charge in [0.25, 0.3) is 0 Å². The van der Waals surface area contributed by atoms with Crippen molar-refractivity contribution >= 4 is 8.37 Å². The molecule has 0 aliphatic carbocycles. The lowest BCUT2D eigenvalue weighted by Gasteiger charge is -2.42. The molecule has 1 heterocycles. The maximum absolute atomic E-state index is 2.44. The van der Waals surface area contributed by atoms with Crippen LogP contribution in [0.3, 0.4) is 0 Å². The Balaban J connectivity index is 2.55. The van der Waals surface area contributed by atoms with E-state index in [1.54, 1.807) is 0 Å². The molecule has 0 atom stereocenters. The summed E-state index contributed by atoms with van der Waals surface area (Å²) in [6, 6.07) is 0. The van der Waals surface area contributed by atoms with Gasteiger partial charge >= 0.3 is 0 Å². The van der Waals surface area contributed by atoms with E-state index in [0.29, 0.717) is 0 Å². The van der Waals surface area contributed by atoms with Crippen LogP contribution in [0.15, 0.2) is 0 Å². The van der Waals surface area contributed by atoms with E-state index in [1.807, 2.05) is 0 Å². The summed E-state index contributed by atoms with van der Waals surface area (Å²) >= 11 is 0. The second kappa shape index (κ2) is 3.81. The van der Waals surface area contributed by atoms with E-state index in [9.17, 15) is 0 Å². The minimum absolute atomic E-state index is 0.153. The van der Waals surface area contributed by atoms with Crippen molar-refractivity contribution in [1.29, 1.82) is 0 Å². The van der Waals surface area contributed by atoms with Gasteiger partial charge in [0.15, 0.2) is 0 Å². The first-order valence-corrected chi connectivity index (χ1v) is 5.22. The Morgan fingerprint density at radius 1 is 1.09 bits per heavy atom. The SMILES string of the molecule is CN(C)P1N(C)CCCN1C. The molecule has 0 aromatic heterocycles. The fraction of sp³-hybridized carbons (Fsp3) is 1.00. The predicted molar refractivity (Wildman–Crippen MR) is 50.5 cm³/mol. The highest BCUT2D eigenvalue weighted by molar-refractivity contribution is 7.50. The molecule has 1 rings (SSSR count). The lowest BCUT2D eigenvalue weighted by Crippen LogP contribution is -2.37. The van der Waals surface area contributed by atoms with E-state index in [0.717, 1.165) is 0 Å². The Kier molecular flexibility index (Phi) is 3.26. The van der Waals surface area contributed by atoms with Crippen LogP contribution >= 0.6 is 8.37 Å². The molecule has 0 radical (unpaired) electrons. The predicted octanol–water partition coefficient (Wildman–Crippen LogP) is 1.04. The van der Waals surface area contributed by atoms with Crippen molar-refractivity contribution in [1.82, 2.24) is 14.0 Å². The third kappa shape index (κ3) is 2.12. The van der Waals surface area contributed by atoms with Crippen LogP contribution in [-0.4, -0.2) is 55.3 Å². The highest BCUT2D eigenvalue weighted by Crippen LogP contribution is 2.45. The summed E-state index contributed by atoms with van der Waals surface area (Å²) in [6.07, 6.45) is 1.31. The second-order valence-electron chi connectivity index (χ2n) is 3.23. The van der Waals surface area contributed by atoms with Gasteiger partial charge in [-0.2, -0.15) is 0 Å². The van der Waals surface area contributed by atoms with Crippen molar-refractivity contribution in [2.24, 2.45) is 0 Å². The maximum atomic E-state index is 2.44. The molecule has 0 aromatic carbocycles. The summed E-state index contributed by atoms with van der Waals surface area (Å²) in [4.78, 5) is 0. The molecule has 1 saturated heterocycles. The van der Waals surface area contributed by atoms with Crippen molar-refractivity contribution in [2.75, 3.05) is 41.3 Å². The summed E-state index contributed by atoms with van der Waals surface area (Å²) in [7, 11) is 8.58. The Bertz CT molecular complexity index is 119. The first kappa shape index (κ1) is 9.40. The van der Waals surface area contributed by atoms with Gasteiger partial charge in [-0.3, -0.25) is 14.0 Å². The minimum atomic E-state index is -0.153. The van der Waals surface area contributed by atoms with Crippen molar-refractivity contribution in [3.05, 3.63) is 0 Å². The van der Waals surface area contributed by atoms with Gasteiger partial charge in [0.1, 0.15) is 8.37 Å². The monoisotopic (exact) mass is 175 g/mol. The lowest BCUT2D eigenvalue weighted by molar-refractivity contribution is 0.350. The van der Waals surface area contributed by atoms with Crippen LogP contribution in [0.1, 0.15) is 6.42 Å². The van der Waals surface area contributed by atoms with E-state index in [1.165, 1.54) is 19.5 Å². The molecule has 1 fully saturated rings. The molecule has 11 heavy (non-hydrogen) atoms. The molecule has 4 heteroatoms. The van der Waals surface area contributed by atoms with E-state index in [2.05, 4.69) is 42.2 Å². The van der Waals surface area contributed by atoms with Gasteiger partial charge in [-0.1, -0.05) is 0 Å². The smallest absolute Gasteiger partial charge is 0.119 e. The average Bonchev–Trinajstić information content (AvgIpc) is 1.85. The zero-order valence-corrected chi connectivity index (χ0v) is 8.80. The molecular formula is C7H18N3P. The highest BCUT2D eigenvalue weighted by atomic mass is 31.2. The molecule has 0 saturated carbocycles. The molecule has 66 valence electrons. The number of hydrogen-bond acceptors (Lipinski definition) is 3. The zero-order valence-electron chi connectivity index (χ0n) is 7.91. The first-order valence-electron chi connectivity index (χ1n) is 4.02. The average molecular weight is 175 g/mol. The van der Waals surface area contributed by atoms with E-state index in [-0.39, 0.29) is 8.37 Å². The molecule has 0 N–H and O–H groups in total. The quantitative estimate of drug-likeness (QED) is 0.551. The highest BCUT2D eigenvalue weighted by Gasteiger charge is 2.25. The number of nitrogens with zero attached hydrogens (tertiary/aromatic N) is 3. The molecule has 0 aromatic rings. The Morgan fingerprint density at radius 3 is 1.82 bits per heavy atom. The fourth-order valence-electron chi connectivity index (χ4n) is 1.58. The molecular weight excluding hydrogens is 157 g/mol. The molecule has 1 aliphatic heterocycles. The van der Waals surface area contributed by atoms with Gasteiger partial charge in [-0.15, -0.1) is 0 Å². The summed E-state index contributed by atoms with van der Waals surface area (Å²) < 4.78 is 7.20. The Hall–Kier alpha value is 0.310. The van der Waals surface area contributed by atoms with Gasteiger partial charge in [-0.25, -0.2) is 0 Å². The van der Waals surface area contributed by atoms with Crippen LogP contribution in [0.5, 0.6) is 0 Å². The van der Waals surface area contributed by atoms with Gasteiger partial charge < -0.3 is 0 Å². The molecule has 0 spiro atoms. The topological polar surface area (TPSA) is 9.72 Å². The van der Waals surface area contributed by atoms with Crippen LogP contribution in [0.4, 0.5) is 0 Å². The normalized spacial score (nSPS) is 24.8. The van der Waals surface area contributed by atoms with Crippen LogP contribution in [-0.2, 0) is 0 Å². The maximum Gasteiger partial charge on any atom is 0.119 e. The largest absolute Gasteiger partial charge is 0.264 e. The second-order valence-corrected chi connectivity index (χ2v) is 5.93. The fourth-order valence-corrected chi connectivity index (χ4v) is 3.96. The summed E-state index contributed by atoms with van der Waals surface area (Å²) in [5.41, 5.74) is 0. The van der Waals surface area contributed by atoms with E-state index >= 15 is 0 Å². The summed E-state index contributed by atoms with van der Waals surface area (Å²) in [6.45, 7) is 2.49. The molecule has 0 bridgehead atoms. The standard InChI is InChI=1S/C7H18N3P/c1-8(2)11-9(3)6-5-7-10(11)4/h5-7H2,1-4H3. The Labute approximate surface area is 70.9 Å². The summed E-state index contributed by atoms with van der Waals surface area (Å²) in [5.74, 6) is 0.